The summed E-state index contributed by atoms with van der Waals surface area (Å²) in [6.45, 7) is 4.41. The summed E-state index contributed by atoms with van der Waals surface area (Å²) in [5, 5.41) is 9.94. The molecule has 8 atom stereocenters. The Balaban J connectivity index is 1.06. The molecule has 508 valence electrons. The average molecular weight is 1290 g/mol. The first-order valence-corrected chi connectivity index (χ1v) is 35.3. The minimum Gasteiger partial charge on any atom is -0.497 e. The lowest BCUT2D eigenvalue weighted by atomic mass is 9.97. The Labute approximate surface area is 567 Å². The Morgan fingerprint density at radius 2 is 0.842 bits per heavy atom. The van der Waals surface area contributed by atoms with E-state index in [0.29, 0.717) is 19.8 Å². The highest BCUT2D eigenvalue weighted by Crippen LogP contribution is 2.35. The summed E-state index contributed by atoms with van der Waals surface area (Å²) in [5.41, 5.74) is 8.37. The maximum Gasteiger partial charge on any atom is 0.187 e. The molecule has 9 rings (SSSR count). The number of methoxy groups -OCH3 is 2. The van der Waals surface area contributed by atoms with Crippen LogP contribution in [0.2, 0.25) is 0 Å². The van der Waals surface area contributed by atoms with E-state index in [1.54, 1.807) is 14.2 Å². The van der Waals surface area contributed by atoms with Gasteiger partial charge < -0.3 is 47.4 Å². The Morgan fingerprint density at radius 3 is 1.36 bits per heavy atom. The molecule has 13 nitrogen and oxygen atoms in total. The molecule has 1 aromatic heterocycles. The molecule has 95 heavy (non-hydrogen) atoms. The van der Waals surface area contributed by atoms with Gasteiger partial charge in [0.1, 0.15) is 48.1 Å². The van der Waals surface area contributed by atoms with Crippen LogP contribution in [0.5, 0.6) is 11.5 Å². The molecule has 0 radical (unpaired) electrons. The van der Waals surface area contributed by atoms with E-state index in [0.717, 1.165) is 115 Å². The summed E-state index contributed by atoms with van der Waals surface area (Å²) < 4.78 is 70.9. The molecule has 13 heteroatoms. The lowest BCUT2D eigenvalue weighted by molar-refractivity contribution is -0.331. The molecular formula is C82H105N3O10. The van der Waals surface area contributed by atoms with Gasteiger partial charge in [0.25, 0.3) is 0 Å². The SMILES string of the molecule is CCCCCCCCCCCCCC[C@@H](OCc1ccc(OC)cc1)[C@@H](OCc1ccc(OC)cc1)[C@H](CO[C@H]1OC(COCc2ccccc2)[C@H](OCc2ccccc2)[C@@H](OCc2ccccc2)[C@@H]1OCc1ccccc1)n1cc(CCCCCCc2ccccc2)nn1. The second kappa shape index (κ2) is 42.5. The van der Waals surface area contributed by atoms with Gasteiger partial charge in [-0.1, -0.05) is 278 Å². The third-order valence-corrected chi connectivity index (χ3v) is 18.0. The first kappa shape index (κ1) is 72.2. The Morgan fingerprint density at radius 1 is 0.411 bits per heavy atom. The van der Waals surface area contributed by atoms with Gasteiger partial charge in [-0.15, -0.1) is 5.10 Å². The number of hydrogen-bond donors (Lipinski definition) is 0. The van der Waals surface area contributed by atoms with E-state index in [1.807, 2.05) is 102 Å². The smallest absolute Gasteiger partial charge is 0.187 e. The van der Waals surface area contributed by atoms with Crippen molar-refractivity contribution in [3.63, 3.8) is 0 Å². The lowest BCUT2D eigenvalue weighted by Gasteiger charge is -2.46. The zero-order chi connectivity index (χ0) is 65.6. The summed E-state index contributed by atoms with van der Waals surface area (Å²) >= 11 is 0. The standard InChI is InChI=1S/C82H105N3O10/c1-4-5-6-7-8-9-10-11-12-13-14-34-47-76(89-58-70-48-52-73(86-2)53-49-70)78(90-62-71-50-54-74(87-3)55-51-71)75(85-56-72(83-84-85)46-33-16-15-22-35-65-36-23-17-24-37-65)63-94-82-81(93-61-69-44-31-21-32-45-69)80(92-60-68-42-29-20-30-43-68)79(91-59-67-40-27-19-28-41-67)77(95-82)64-88-57-66-38-25-18-26-39-66/h17-21,23-32,36-45,48-56,75-82H,4-16,22,33-35,46-47,57-64H2,1-3H3/t75-,76+,77?,78-,79-,80+,81-,82-/m0/s1. The normalized spacial score (nSPS) is 17.3. The second-order valence-electron chi connectivity index (χ2n) is 25.3. The first-order chi connectivity index (χ1) is 47.0. The molecule has 7 aromatic carbocycles. The fraction of sp³-hybridized carbons (Fsp3) is 0.463. The van der Waals surface area contributed by atoms with Crippen molar-refractivity contribution in [3.8, 4) is 11.5 Å². The van der Waals surface area contributed by atoms with Gasteiger partial charge in [-0.25, -0.2) is 4.68 Å². The maximum absolute atomic E-state index is 7.49. The summed E-state index contributed by atoms with van der Waals surface area (Å²) in [6, 6.07) is 67.2. The van der Waals surface area contributed by atoms with E-state index in [1.165, 1.54) is 63.4 Å². The summed E-state index contributed by atoms with van der Waals surface area (Å²) in [6.07, 6.45) is 19.1. The third-order valence-electron chi connectivity index (χ3n) is 18.0. The summed E-state index contributed by atoms with van der Waals surface area (Å²) in [5.74, 6) is 1.56. The van der Waals surface area contributed by atoms with Gasteiger partial charge in [0.05, 0.1) is 78.9 Å². The minimum atomic E-state index is -1.000. The van der Waals surface area contributed by atoms with Crippen LogP contribution < -0.4 is 9.47 Å². The van der Waals surface area contributed by atoms with E-state index < -0.39 is 49.0 Å². The minimum absolute atomic E-state index is 0.0742. The van der Waals surface area contributed by atoms with Gasteiger partial charge in [0.15, 0.2) is 6.29 Å². The highest BCUT2D eigenvalue weighted by molar-refractivity contribution is 5.28. The molecule has 0 amide bonds. The molecular weight excluding hydrogens is 1190 g/mol. The van der Waals surface area contributed by atoms with Crippen molar-refractivity contribution in [2.75, 3.05) is 27.4 Å². The second-order valence-corrected chi connectivity index (χ2v) is 25.3. The number of hydrogen-bond acceptors (Lipinski definition) is 12. The van der Waals surface area contributed by atoms with Crippen LogP contribution in [0.1, 0.15) is 167 Å². The van der Waals surface area contributed by atoms with Crippen LogP contribution in [0, 0.1) is 0 Å². The van der Waals surface area contributed by atoms with Crippen LogP contribution in [-0.4, -0.2) is 85.3 Å². The van der Waals surface area contributed by atoms with Gasteiger partial charge >= 0.3 is 0 Å². The quantitative estimate of drug-likeness (QED) is 0.0337. The predicted molar refractivity (Wildman–Crippen MR) is 376 cm³/mol. The van der Waals surface area contributed by atoms with Gasteiger partial charge in [-0.3, -0.25) is 0 Å². The molecule has 0 N–H and O–H groups in total. The molecule has 1 aliphatic heterocycles. The van der Waals surface area contributed by atoms with E-state index in [9.17, 15) is 0 Å². The van der Waals surface area contributed by atoms with Crippen LogP contribution in [0.25, 0.3) is 0 Å². The van der Waals surface area contributed by atoms with Gasteiger partial charge in [-0.2, -0.15) is 0 Å². The largest absolute Gasteiger partial charge is 0.497 e. The molecule has 8 aromatic rings. The fourth-order valence-corrected chi connectivity index (χ4v) is 12.5. The molecule has 1 unspecified atom stereocenters. The Bertz CT molecular complexity index is 3220. The molecule has 0 bridgehead atoms. The number of ether oxygens (including phenoxy) is 10. The average Bonchev–Trinajstić information content (AvgIpc) is 1.69. The van der Waals surface area contributed by atoms with Crippen molar-refractivity contribution < 1.29 is 47.4 Å². The topological polar surface area (TPSA) is 123 Å². The molecule has 2 heterocycles. The Kier molecular flexibility index (Phi) is 32.3. The zero-order valence-electron chi connectivity index (χ0n) is 56.8. The molecule has 0 aliphatic carbocycles. The first-order valence-electron chi connectivity index (χ1n) is 35.3. The highest BCUT2D eigenvalue weighted by Gasteiger charge is 2.50. The van der Waals surface area contributed by atoms with Crippen molar-refractivity contribution in [2.24, 2.45) is 0 Å². The van der Waals surface area contributed by atoms with Crippen molar-refractivity contribution in [1.29, 1.82) is 0 Å². The van der Waals surface area contributed by atoms with E-state index in [2.05, 4.69) is 116 Å². The molecule has 0 spiro atoms. The van der Waals surface area contributed by atoms with Crippen LogP contribution in [-0.2, 0) is 90.4 Å². The van der Waals surface area contributed by atoms with Crippen molar-refractivity contribution in [2.45, 2.75) is 218 Å². The van der Waals surface area contributed by atoms with Crippen LogP contribution >= 0.6 is 0 Å². The van der Waals surface area contributed by atoms with Crippen molar-refractivity contribution >= 4 is 0 Å². The van der Waals surface area contributed by atoms with Gasteiger partial charge in [-0.05, 0) is 95.3 Å². The number of nitrogens with zero attached hydrogens (tertiary/aromatic N) is 3. The zero-order valence-corrected chi connectivity index (χ0v) is 56.8. The number of unbranched alkanes of at least 4 members (excludes halogenated alkanes) is 14. The van der Waals surface area contributed by atoms with Crippen molar-refractivity contribution in [1.82, 2.24) is 15.0 Å². The molecule has 0 saturated carbocycles. The van der Waals surface area contributed by atoms with Crippen LogP contribution in [0.4, 0.5) is 0 Å². The lowest BCUT2D eigenvalue weighted by Crippen LogP contribution is -2.62. The van der Waals surface area contributed by atoms with Crippen LogP contribution in [0.3, 0.4) is 0 Å². The van der Waals surface area contributed by atoms with Gasteiger partial charge in [0, 0.05) is 6.20 Å². The van der Waals surface area contributed by atoms with Crippen molar-refractivity contribution in [3.05, 3.63) is 251 Å². The molecule has 1 saturated heterocycles. The van der Waals surface area contributed by atoms with E-state index >= 15 is 0 Å². The highest BCUT2D eigenvalue weighted by atomic mass is 16.7. The summed E-state index contributed by atoms with van der Waals surface area (Å²) in [4.78, 5) is 0. The molecule has 1 aliphatic rings. The van der Waals surface area contributed by atoms with E-state index in [4.69, 9.17) is 57.7 Å². The third kappa shape index (κ3) is 25.5. The number of aromatic nitrogens is 3. The van der Waals surface area contributed by atoms with E-state index in [-0.39, 0.29) is 33.0 Å². The summed E-state index contributed by atoms with van der Waals surface area (Å²) in [7, 11) is 3.38. The monoisotopic (exact) mass is 1290 g/mol. The van der Waals surface area contributed by atoms with Crippen LogP contribution in [0.15, 0.2) is 206 Å². The molecule has 1 fully saturated rings. The maximum atomic E-state index is 7.49. The number of benzene rings is 7. The van der Waals surface area contributed by atoms with Gasteiger partial charge in [0.2, 0.25) is 0 Å². The fourth-order valence-electron chi connectivity index (χ4n) is 12.5. The number of aryl methyl sites for hydroxylation is 2. The Hall–Kier alpha value is -7.04. The predicted octanol–water partition coefficient (Wildman–Crippen LogP) is 18.2. The number of rotatable bonds is 47.